The summed E-state index contributed by atoms with van der Waals surface area (Å²) in [7, 11) is 0. The van der Waals surface area contributed by atoms with Crippen molar-refractivity contribution in [1.82, 2.24) is 5.32 Å². The van der Waals surface area contributed by atoms with Crippen molar-refractivity contribution in [3.8, 4) is 0 Å². The first kappa shape index (κ1) is 33.3. The molecule has 183 valence electrons. The van der Waals surface area contributed by atoms with Crippen LogP contribution < -0.4 is 40.8 Å². The number of benzene rings is 2. The van der Waals surface area contributed by atoms with Crippen LogP contribution in [0.25, 0.3) is 0 Å². The van der Waals surface area contributed by atoms with Gasteiger partial charge in [-0.2, -0.15) is 0 Å². The molecule has 0 aromatic heterocycles. The van der Waals surface area contributed by atoms with Gasteiger partial charge in [0.1, 0.15) is 0 Å². The zero-order chi connectivity index (χ0) is 21.2. The summed E-state index contributed by atoms with van der Waals surface area (Å²) in [5, 5.41) is 11.2. The minimum Gasteiger partial charge on any atom is -1.00 e. The van der Waals surface area contributed by atoms with Gasteiger partial charge in [0.2, 0.25) is 0 Å². The van der Waals surface area contributed by atoms with Crippen molar-refractivity contribution in [2.45, 2.75) is 79.3 Å². The predicted octanol–water partition coefficient (Wildman–Crippen LogP) is -0.168. The van der Waals surface area contributed by atoms with Gasteiger partial charge in [-0.1, -0.05) is 64.1 Å². The molecule has 0 fully saturated rings. The molecular weight excluding hydrogens is 484 g/mol. The van der Waals surface area contributed by atoms with Crippen LogP contribution >= 0.6 is 0 Å². The summed E-state index contributed by atoms with van der Waals surface area (Å²) in [6.45, 7) is 15.3. The van der Waals surface area contributed by atoms with E-state index in [9.17, 15) is 0 Å². The van der Waals surface area contributed by atoms with E-state index in [1.807, 2.05) is 0 Å². The van der Waals surface area contributed by atoms with Crippen LogP contribution in [0.3, 0.4) is 0 Å². The Balaban J connectivity index is 0. The zero-order valence-electron chi connectivity index (χ0n) is 20.5. The Morgan fingerprint density at radius 1 is 0.594 bits per heavy atom. The summed E-state index contributed by atoms with van der Waals surface area (Å²) in [5.74, 6) is 0. The van der Waals surface area contributed by atoms with Crippen LogP contribution in [-0.2, 0) is 42.5 Å². The first-order chi connectivity index (χ1) is 14.0. The summed E-state index contributed by atoms with van der Waals surface area (Å²) in [4.78, 5) is 0. The first-order valence-corrected chi connectivity index (χ1v) is 11.5. The van der Waals surface area contributed by atoms with Gasteiger partial charge >= 0.3 is 16.8 Å². The van der Waals surface area contributed by atoms with Gasteiger partial charge in [0.15, 0.2) is 0 Å². The van der Waals surface area contributed by atoms with E-state index < -0.39 is 0 Å². The molecule has 2 aromatic rings. The number of rotatable bonds is 12. The molecule has 2 rings (SSSR count). The molecule has 0 amide bonds. The Morgan fingerprint density at radius 2 is 0.875 bits per heavy atom. The standard InChI is InChI=1S/C26H41N3.2ClH.Co/c1-7-21-13-11-14-22(8-2)25(21)28-19(5)17-27-18-20(6)29-26-23(9-3)15-12-16-24(26)10-4;;;/h11-16,19-20,27-29H,7-10,17-18H2,1-6H3;2*1H;/q;;;+2/p-2. The Labute approximate surface area is 219 Å². The number of para-hydroxylation sites is 2. The van der Waals surface area contributed by atoms with Gasteiger partial charge in [-0.25, -0.2) is 0 Å². The summed E-state index contributed by atoms with van der Waals surface area (Å²) >= 11 is 0. The van der Waals surface area contributed by atoms with E-state index in [2.05, 4.69) is 93.9 Å². The molecule has 0 saturated carbocycles. The second kappa shape index (κ2) is 17.5. The van der Waals surface area contributed by atoms with Crippen molar-refractivity contribution >= 4 is 11.4 Å². The molecular formula is C26H41Cl2CoN3. The van der Waals surface area contributed by atoms with Crippen LogP contribution in [0, 0.1) is 0 Å². The van der Waals surface area contributed by atoms with E-state index in [-0.39, 0.29) is 41.6 Å². The number of nitrogens with one attached hydrogen (secondary N) is 3. The van der Waals surface area contributed by atoms with Crippen molar-refractivity contribution in [2.75, 3.05) is 23.7 Å². The average molecular weight is 525 g/mol. The zero-order valence-corrected chi connectivity index (χ0v) is 23.0. The molecule has 0 aliphatic carbocycles. The van der Waals surface area contributed by atoms with Crippen LogP contribution in [0.4, 0.5) is 11.4 Å². The molecule has 1 radical (unpaired) electrons. The summed E-state index contributed by atoms with van der Waals surface area (Å²) in [6.07, 6.45) is 4.25. The predicted molar refractivity (Wildman–Crippen MR) is 129 cm³/mol. The molecule has 2 aromatic carbocycles. The van der Waals surface area contributed by atoms with Crippen LogP contribution in [0.2, 0.25) is 0 Å². The minimum atomic E-state index is 0. The molecule has 2 atom stereocenters. The minimum absolute atomic E-state index is 0. The van der Waals surface area contributed by atoms with E-state index in [4.69, 9.17) is 0 Å². The van der Waals surface area contributed by atoms with Gasteiger partial charge in [0.25, 0.3) is 0 Å². The largest absolute Gasteiger partial charge is 2.00 e. The summed E-state index contributed by atoms with van der Waals surface area (Å²) in [6, 6.07) is 14.1. The van der Waals surface area contributed by atoms with Crippen molar-refractivity contribution in [3.63, 3.8) is 0 Å². The van der Waals surface area contributed by atoms with Crippen molar-refractivity contribution in [2.24, 2.45) is 0 Å². The average Bonchev–Trinajstić information content (AvgIpc) is 2.73. The molecule has 0 saturated heterocycles. The number of hydrogen-bond donors (Lipinski definition) is 3. The third-order valence-electron chi connectivity index (χ3n) is 5.68. The fourth-order valence-electron chi connectivity index (χ4n) is 3.97. The number of halogens is 2. The molecule has 32 heavy (non-hydrogen) atoms. The number of anilines is 2. The van der Waals surface area contributed by atoms with Crippen LogP contribution in [0.15, 0.2) is 36.4 Å². The first-order valence-electron chi connectivity index (χ1n) is 11.5. The maximum atomic E-state index is 3.76. The summed E-state index contributed by atoms with van der Waals surface area (Å²) < 4.78 is 0. The molecule has 3 N–H and O–H groups in total. The van der Waals surface area contributed by atoms with Crippen molar-refractivity contribution < 1.29 is 41.6 Å². The van der Waals surface area contributed by atoms with E-state index in [1.165, 1.54) is 33.6 Å². The van der Waals surface area contributed by atoms with Gasteiger partial charge in [0, 0.05) is 36.5 Å². The molecule has 0 aliphatic heterocycles. The normalized spacial score (nSPS) is 11.9. The molecule has 6 heteroatoms. The maximum Gasteiger partial charge on any atom is 2.00 e. The molecule has 3 nitrogen and oxygen atoms in total. The SMILES string of the molecule is CCc1cccc(CC)c1NC(C)CNCC(C)Nc1c(CC)cccc1CC.[Cl-].[Cl-].[Co+2]. The van der Waals surface area contributed by atoms with Crippen molar-refractivity contribution in [1.29, 1.82) is 0 Å². The Hall–Kier alpha value is -0.914. The van der Waals surface area contributed by atoms with Gasteiger partial charge in [0.05, 0.1) is 0 Å². The molecule has 0 bridgehead atoms. The van der Waals surface area contributed by atoms with E-state index >= 15 is 0 Å². The third kappa shape index (κ3) is 9.52. The molecule has 0 spiro atoms. The fourth-order valence-corrected chi connectivity index (χ4v) is 3.97. The molecule has 2 unspecified atom stereocenters. The number of hydrogen-bond acceptors (Lipinski definition) is 3. The van der Waals surface area contributed by atoms with E-state index in [1.54, 1.807) is 0 Å². The third-order valence-corrected chi connectivity index (χ3v) is 5.68. The molecule has 0 heterocycles. The van der Waals surface area contributed by atoms with E-state index in [0.29, 0.717) is 12.1 Å². The van der Waals surface area contributed by atoms with E-state index in [0.717, 1.165) is 38.8 Å². The van der Waals surface area contributed by atoms with Crippen LogP contribution in [0.1, 0.15) is 63.8 Å². The van der Waals surface area contributed by atoms with Gasteiger partial charge in [-0.3, -0.25) is 0 Å². The van der Waals surface area contributed by atoms with Gasteiger partial charge in [-0.15, -0.1) is 0 Å². The molecule has 0 aliphatic rings. The van der Waals surface area contributed by atoms with Crippen LogP contribution in [0.5, 0.6) is 0 Å². The second-order valence-corrected chi connectivity index (χ2v) is 8.07. The monoisotopic (exact) mass is 524 g/mol. The van der Waals surface area contributed by atoms with Crippen LogP contribution in [-0.4, -0.2) is 25.2 Å². The second-order valence-electron chi connectivity index (χ2n) is 8.07. The smallest absolute Gasteiger partial charge is 1.00 e. The fraction of sp³-hybridized carbons (Fsp3) is 0.538. The quantitative estimate of drug-likeness (QED) is 0.361. The maximum absolute atomic E-state index is 3.76. The van der Waals surface area contributed by atoms with Crippen molar-refractivity contribution in [3.05, 3.63) is 58.7 Å². The van der Waals surface area contributed by atoms with Gasteiger partial charge in [-0.05, 0) is 61.8 Å². The Morgan fingerprint density at radius 3 is 1.12 bits per heavy atom. The van der Waals surface area contributed by atoms with Gasteiger partial charge < -0.3 is 40.8 Å². The number of aryl methyl sites for hydroxylation is 4. The summed E-state index contributed by atoms with van der Waals surface area (Å²) in [5.41, 5.74) is 8.32. The Kier molecular flexibility index (Phi) is 18.2. The Bertz CT molecular complexity index is 663. The topological polar surface area (TPSA) is 36.1 Å².